The molecule has 0 radical (unpaired) electrons. The van der Waals surface area contributed by atoms with Crippen LogP contribution in [0.4, 0.5) is 0 Å². The first-order valence-electron chi connectivity index (χ1n) is 3.51. The Morgan fingerprint density at radius 3 is 2.00 bits per heavy atom. The van der Waals surface area contributed by atoms with Crippen LogP contribution in [0.15, 0.2) is 0 Å². The first-order chi connectivity index (χ1) is 4.88. The minimum atomic E-state index is -3.92. The molecule has 11 heavy (non-hydrogen) atoms. The molecule has 68 valence electrons. The Bertz CT molecular complexity index is 198. The molecule has 0 saturated heterocycles. The lowest BCUT2D eigenvalue weighted by molar-refractivity contribution is 0.429. The minimum absolute atomic E-state index is 0.245. The van der Waals surface area contributed by atoms with E-state index in [2.05, 4.69) is 5.32 Å². The van der Waals surface area contributed by atoms with E-state index in [1.165, 1.54) is 7.05 Å². The quantitative estimate of drug-likeness (QED) is 0.618. The smallest absolute Gasteiger partial charge is 0.281 e. The second-order valence-electron chi connectivity index (χ2n) is 2.92. The van der Waals surface area contributed by atoms with Gasteiger partial charge < -0.3 is 5.32 Å². The molecule has 0 spiro atoms. The minimum Gasteiger partial charge on any atom is -0.302 e. The Balaban J connectivity index is 4.20. The third-order valence-electron chi connectivity index (χ3n) is 1.37. The largest absolute Gasteiger partial charge is 0.302 e. The molecule has 0 aliphatic rings. The van der Waals surface area contributed by atoms with Gasteiger partial charge in [0.25, 0.3) is 10.1 Å². The molecule has 0 aromatic heterocycles. The van der Waals surface area contributed by atoms with Gasteiger partial charge in [-0.05, 0) is 19.4 Å². The predicted molar refractivity (Wildman–Crippen MR) is 43.9 cm³/mol. The van der Waals surface area contributed by atoms with Crippen molar-refractivity contribution in [3.05, 3.63) is 0 Å². The summed E-state index contributed by atoms with van der Waals surface area (Å²) in [6, 6.07) is 0. The van der Waals surface area contributed by atoms with E-state index in [0.717, 1.165) is 0 Å². The number of nitrogens with one attached hydrogen (secondary N) is 1. The van der Waals surface area contributed by atoms with Crippen molar-refractivity contribution in [1.82, 2.24) is 5.32 Å². The van der Waals surface area contributed by atoms with Gasteiger partial charge in [0.2, 0.25) is 0 Å². The summed E-state index contributed by atoms with van der Waals surface area (Å²) in [7, 11) is -2.41. The van der Waals surface area contributed by atoms with Crippen LogP contribution in [0.25, 0.3) is 0 Å². The molecule has 0 aliphatic carbocycles. The predicted octanol–water partition coefficient (Wildman–Crippen LogP) is 0.466. The molecule has 0 aromatic rings. The number of hydrogen-bond acceptors (Lipinski definition) is 3. The molecule has 0 heterocycles. The number of hydrogen-bond donors (Lipinski definition) is 2. The van der Waals surface area contributed by atoms with Crippen molar-refractivity contribution in [3.63, 3.8) is 0 Å². The molecule has 0 aromatic carbocycles. The Kier molecular flexibility index (Phi) is 3.99. The lowest BCUT2D eigenvalue weighted by atomic mass is 10.1. The maximum absolute atomic E-state index is 10.6. The normalized spacial score (nSPS) is 15.4. The maximum Gasteiger partial charge on any atom is 0.281 e. The van der Waals surface area contributed by atoms with E-state index in [0.29, 0.717) is 6.42 Å². The van der Waals surface area contributed by atoms with E-state index < -0.39 is 15.5 Å². The summed E-state index contributed by atoms with van der Waals surface area (Å²) in [5.41, 5.74) is 0. The van der Waals surface area contributed by atoms with E-state index in [-0.39, 0.29) is 5.92 Å². The van der Waals surface area contributed by atoms with Gasteiger partial charge in [-0.2, -0.15) is 8.42 Å². The summed E-state index contributed by atoms with van der Waals surface area (Å²) in [6.45, 7) is 3.80. The lowest BCUT2D eigenvalue weighted by Gasteiger charge is -2.14. The van der Waals surface area contributed by atoms with Crippen LogP contribution < -0.4 is 5.32 Å². The van der Waals surface area contributed by atoms with Crippen molar-refractivity contribution in [2.24, 2.45) is 5.92 Å². The molecule has 0 fully saturated rings. The van der Waals surface area contributed by atoms with E-state index in [1.54, 1.807) is 0 Å². The van der Waals surface area contributed by atoms with Crippen molar-refractivity contribution >= 4 is 10.1 Å². The highest BCUT2D eigenvalue weighted by Crippen LogP contribution is 2.08. The van der Waals surface area contributed by atoms with Gasteiger partial charge in [0.05, 0.1) is 0 Å². The number of rotatable bonds is 4. The van der Waals surface area contributed by atoms with Crippen molar-refractivity contribution < 1.29 is 13.0 Å². The molecule has 0 rings (SSSR count). The van der Waals surface area contributed by atoms with Crippen LogP contribution in [0, 0.1) is 5.92 Å². The second-order valence-corrected chi connectivity index (χ2v) is 4.52. The van der Waals surface area contributed by atoms with Crippen LogP contribution in [0.1, 0.15) is 20.3 Å². The first-order valence-corrected chi connectivity index (χ1v) is 5.01. The van der Waals surface area contributed by atoms with Crippen molar-refractivity contribution in [2.75, 3.05) is 7.05 Å². The van der Waals surface area contributed by atoms with Gasteiger partial charge in [-0.15, -0.1) is 0 Å². The molecular formula is C6H15NO3S. The summed E-state index contributed by atoms with van der Waals surface area (Å²) in [6.07, 6.45) is 0.426. The molecule has 1 atom stereocenters. The summed E-state index contributed by atoms with van der Waals surface area (Å²) < 4.78 is 29.8. The summed E-state index contributed by atoms with van der Waals surface area (Å²) >= 11 is 0. The third kappa shape index (κ3) is 4.34. The molecule has 0 bridgehead atoms. The standard InChI is InChI=1S/C6H15NO3S/c1-5(2)4-6(7-3)11(8,9)10/h5-7H,4H2,1-3H3,(H,8,9,10). The highest BCUT2D eigenvalue weighted by atomic mass is 32.2. The van der Waals surface area contributed by atoms with Crippen molar-refractivity contribution in [2.45, 2.75) is 25.6 Å². The molecular weight excluding hydrogens is 166 g/mol. The van der Waals surface area contributed by atoms with Gasteiger partial charge in [-0.1, -0.05) is 13.8 Å². The second kappa shape index (κ2) is 4.04. The molecule has 0 saturated carbocycles. The van der Waals surface area contributed by atoms with Gasteiger partial charge in [0, 0.05) is 0 Å². The fourth-order valence-corrected chi connectivity index (χ4v) is 1.74. The molecule has 1 unspecified atom stereocenters. The zero-order chi connectivity index (χ0) is 9.07. The first kappa shape index (κ1) is 10.9. The summed E-state index contributed by atoms with van der Waals surface area (Å²) in [5.74, 6) is 0.245. The fraction of sp³-hybridized carbons (Fsp3) is 1.00. The summed E-state index contributed by atoms with van der Waals surface area (Å²) in [5, 5.41) is 1.70. The Morgan fingerprint density at radius 1 is 1.45 bits per heavy atom. The van der Waals surface area contributed by atoms with Gasteiger partial charge >= 0.3 is 0 Å². The van der Waals surface area contributed by atoms with Crippen LogP contribution in [0.3, 0.4) is 0 Å². The topological polar surface area (TPSA) is 66.4 Å². The van der Waals surface area contributed by atoms with Crippen LogP contribution in [0.5, 0.6) is 0 Å². The van der Waals surface area contributed by atoms with E-state index >= 15 is 0 Å². The molecule has 0 aliphatic heterocycles. The van der Waals surface area contributed by atoms with E-state index in [9.17, 15) is 8.42 Å². The average Bonchev–Trinajstić information content (AvgIpc) is 1.79. The maximum atomic E-state index is 10.6. The molecule has 2 N–H and O–H groups in total. The van der Waals surface area contributed by atoms with E-state index in [4.69, 9.17) is 4.55 Å². The van der Waals surface area contributed by atoms with Crippen LogP contribution >= 0.6 is 0 Å². The zero-order valence-electron chi connectivity index (χ0n) is 7.03. The zero-order valence-corrected chi connectivity index (χ0v) is 7.85. The third-order valence-corrected chi connectivity index (χ3v) is 2.51. The van der Waals surface area contributed by atoms with Crippen molar-refractivity contribution in [1.29, 1.82) is 0 Å². The van der Waals surface area contributed by atoms with E-state index in [1.807, 2.05) is 13.8 Å². The summed E-state index contributed by atoms with van der Waals surface area (Å²) in [4.78, 5) is 0. The van der Waals surface area contributed by atoms with Gasteiger partial charge in [-0.3, -0.25) is 4.55 Å². The van der Waals surface area contributed by atoms with Crippen LogP contribution in [-0.2, 0) is 10.1 Å². The van der Waals surface area contributed by atoms with Crippen LogP contribution in [-0.4, -0.2) is 25.4 Å². The van der Waals surface area contributed by atoms with Crippen LogP contribution in [0.2, 0.25) is 0 Å². The van der Waals surface area contributed by atoms with Gasteiger partial charge in [0.15, 0.2) is 0 Å². The SMILES string of the molecule is CNC(CC(C)C)S(=O)(=O)O. The fourth-order valence-electron chi connectivity index (χ4n) is 0.817. The highest BCUT2D eigenvalue weighted by Gasteiger charge is 2.21. The van der Waals surface area contributed by atoms with Gasteiger partial charge in [-0.25, -0.2) is 0 Å². The molecule has 4 nitrogen and oxygen atoms in total. The molecule has 5 heteroatoms. The highest BCUT2D eigenvalue weighted by molar-refractivity contribution is 7.86. The molecule has 0 amide bonds. The monoisotopic (exact) mass is 181 g/mol. The van der Waals surface area contributed by atoms with Crippen molar-refractivity contribution in [3.8, 4) is 0 Å². The Hall–Kier alpha value is -0.130. The Morgan fingerprint density at radius 2 is 1.91 bits per heavy atom. The lowest BCUT2D eigenvalue weighted by Crippen LogP contribution is -2.34. The van der Waals surface area contributed by atoms with Gasteiger partial charge in [0.1, 0.15) is 5.37 Å². The Labute approximate surface area is 67.7 Å². The average molecular weight is 181 g/mol.